The Labute approximate surface area is 208 Å². The zero-order chi connectivity index (χ0) is 25.7. The Hall–Kier alpha value is -4.25. The highest BCUT2D eigenvalue weighted by Crippen LogP contribution is 2.28. The van der Waals surface area contributed by atoms with Crippen LogP contribution in [0.25, 0.3) is 0 Å². The van der Waals surface area contributed by atoms with Crippen LogP contribution < -0.4 is 14.5 Å². The maximum atomic E-state index is 13.4. The van der Waals surface area contributed by atoms with Crippen molar-refractivity contribution in [3.05, 3.63) is 94.0 Å². The Morgan fingerprint density at radius 2 is 1.86 bits per heavy atom. The molecule has 36 heavy (non-hydrogen) atoms. The smallest absolute Gasteiger partial charge is 0.271 e. The number of hydrogen-bond acceptors (Lipinski definition) is 7. The molecule has 0 saturated carbocycles. The molecule has 0 saturated heterocycles. The van der Waals surface area contributed by atoms with E-state index in [0.29, 0.717) is 12.1 Å². The number of rotatable bonds is 8. The van der Waals surface area contributed by atoms with Gasteiger partial charge in [-0.25, -0.2) is 13.8 Å². The first-order valence-corrected chi connectivity index (χ1v) is 12.6. The van der Waals surface area contributed by atoms with E-state index in [2.05, 4.69) is 10.5 Å². The molecule has 10 nitrogen and oxygen atoms in total. The Morgan fingerprint density at radius 3 is 2.58 bits per heavy atom. The first-order valence-electron chi connectivity index (χ1n) is 11.1. The molecule has 4 rings (SSSR count). The maximum Gasteiger partial charge on any atom is 0.271 e. The molecular weight excluding hydrogens is 484 g/mol. The van der Waals surface area contributed by atoms with E-state index in [1.54, 1.807) is 25.3 Å². The van der Waals surface area contributed by atoms with Gasteiger partial charge in [0.2, 0.25) is 0 Å². The monoisotopic (exact) mass is 508 g/mol. The Kier molecular flexibility index (Phi) is 7.30. The average molecular weight is 509 g/mol. The topological polar surface area (TPSA) is 131 Å². The van der Waals surface area contributed by atoms with Gasteiger partial charge < -0.3 is 4.74 Å². The maximum absolute atomic E-state index is 13.4. The number of hydrazone groups is 1. The highest BCUT2D eigenvalue weighted by Gasteiger charge is 2.28. The molecule has 1 aliphatic carbocycles. The summed E-state index contributed by atoms with van der Waals surface area (Å²) in [6.45, 7) is -0.620. The molecular formula is C25H24N4O6S. The number of carbonyl (C=O) groups is 1. The molecule has 1 aliphatic rings. The van der Waals surface area contributed by atoms with E-state index in [0.717, 1.165) is 40.1 Å². The van der Waals surface area contributed by atoms with Crippen LogP contribution in [0.2, 0.25) is 0 Å². The van der Waals surface area contributed by atoms with Crippen molar-refractivity contribution in [1.29, 1.82) is 0 Å². The lowest BCUT2D eigenvalue weighted by Crippen LogP contribution is -2.40. The number of nitro groups is 1. The normalized spacial score (nSPS) is 14.1. The van der Waals surface area contributed by atoms with Crippen molar-refractivity contribution in [2.45, 2.75) is 24.2 Å². The van der Waals surface area contributed by atoms with Gasteiger partial charge in [0.05, 0.1) is 28.3 Å². The summed E-state index contributed by atoms with van der Waals surface area (Å²) in [7, 11) is -2.61. The summed E-state index contributed by atoms with van der Waals surface area (Å²) < 4.78 is 32.9. The van der Waals surface area contributed by atoms with Crippen LogP contribution >= 0.6 is 0 Å². The number of ether oxygens (including phenoxy) is 1. The lowest BCUT2D eigenvalue weighted by atomic mass is 9.90. The van der Waals surface area contributed by atoms with Gasteiger partial charge >= 0.3 is 0 Å². The predicted molar refractivity (Wildman–Crippen MR) is 135 cm³/mol. The number of benzene rings is 3. The number of fused-ring (bicyclic) bond motifs is 1. The van der Waals surface area contributed by atoms with Crippen LogP contribution in [0.3, 0.4) is 0 Å². The summed E-state index contributed by atoms with van der Waals surface area (Å²) in [4.78, 5) is 23.5. The van der Waals surface area contributed by atoms with Crippen LogP contribution in [-0.2, 0) is 21.2 Å². The second-order valence-corrected chi connectivity index (χ2v) is 9.93. The lowest BCUT2D eigenvalue weighted by Gasteiger charge is -2.24. The quantitative estimate of drug-likeness (QED) is 0.365. The van der Waals surface area contributed by atoms with E-state index >= 15 is 0 Å². The molecule has 0 atom stereocenters. The number of methoxy groups -OCH3 is 1. The SMILES string of the molecule is COc1ccc2c(c1)CCC/C2=N/NC(=O)CN(c1cccc([N+](=O)[O-])c1)S(=O)(=O)c1ccccc1. The Morgan fingerprint density at radius 1 is 1.08 bits per heavy atom. The number of nitrogens with zero attached hydrogens (tertiary/aromatic N) is 3. The van der Waals surface area contributed by atoms with E-state index in [1.165, 1.54) is 30.3 Å². The third kappa shape index (κ3) is 5.36. The second kappa shape index (κ2) is 10.6. The van der Waals surface area contributed by atoms with Crippen molar-refractivity contribution in [3.63, 3.8) is 0 Å². The van der Waals surface area contributed by atoms with E-state index in [9.17, 15) is 23.3 Å². The number of nitrogens with one attached hydrogen (secondary N) is 1. The van der Waals surface area contributed by atoms with E-state index in [-0.39, 0.29) is 16.3 Å². The molecule has 1 amide bonds. The van der Waals surface area contributed by atoms with Gasteiger partial charge in [-0.3, -0.25) is 19.2 Å². The highest BCUT2D eigenvalue weighted by atomic mass is 32.2. The fourth-order valence-electron chi connectivity index (χ4n) is 3.97. The van der Waals surface area contributed by atoms with Crippen LogP contribution in [0.4, 0.5) is 11.4 Å². The average Bonchev–Trinajstić information content (AvgIpc) is 2.90. The highest BCUT2D eigenvalue weighted by molar-refractivity contribution is 7.92. The molecule has 0 heterocycles. The lowest BCUT2D eigenvalue weighted by molar-refractivity contribution is -0.384. The summed E-state index contributed by atoms with van der Waals surface area (Å²) in [5.41, 5.74) is 4.79. The molecule has 0 aliphatic heterocycles. The van der Waals surface area contributed by atoms with E-state index in [1.807, 2.05) is 18.2 Å². The Balaban J connectivity index is 1.62. The number of non-ortho nitro benzene ring substituents is 1. The number of amides is 1. The minimum Gasteiger partial charge on any atom is -0.497 e. The fraction of sp³-hybridized carbons (Fsp3) is 0.200. The number of nitro benzene ring substituents is 1. The van der Waals surface area contributed by atoms with Crippen molar-refractivity contribution in [2.75, 3.05) is 18.0 Å². The first-order chi connectivity index (χ1) is 17.3. The molecule has 3 aromatic rings. The molecule has 3 aromatic carbocycles. The largest absolute Gasteiger partial charge is 0.497 e. The van der Waals surface area contributed by atoms with Gasteiger partial charge in [-0.2, -0.15) is 5.10 Å². The summed E-state index contributed by atoms with van der Waals surface area (Å²) in [6.07, 6.45) is 2.35. The fourth-order valence-corrected chi connectivity index (χ4v) is 5.41. The predicted octanol–water partition coefficient (Wildman–Crippen LogP) is 3.66. The Bertz CT molecular complexity index is 1420. The van der Waals surface area contributed by atoms with Crippen molar-refractivity contribution in [1.82, 2.24) is 5.43 Å². The van der Waals surface area contributed by atoms with Gasteiger partial charge in [-0.05, 0) is 61.2 Å². The van der Waals surface area contributed by atoms with Gasteiger partial charge in [0.1, 0.15) is 12.3 Å². The molecule has 11 heteroatoms. The zero-order valence-electron chi connectivity index (χ0n) is 19.5. The van der Waals surface area contributed by atoms with Crippen LogP contribution in [0.1, 0.15) is 24.0 Å². The van der Waals surface area contributed by atoms with Crippen molar-refractivity contribution < 1.29 is 22.9 Å². The number of anilines is 1. The van der Waals surface area contributed by atoms with Gasteiger partial charge in [0, 0.05) is 17.7 Å². The number of aryl methyl sites for hydroxylation is 1. The minimum atomic E-state index is -4.20. The molecule has 186 valence electrons. The van der Waals surface area contributed by atoms with Gasteiger partial charge in [-0.15, -0.1) is 0 Å². The van der Waals surface area contributed by atoms with Crippen molar-refractivity contribution >= 4 is 33.0 Å². The van der Waals surface area contributed by atoms with Gasteiger partial charge in [-0.1, -0.05) is 24.3 Å². The molecule has 0 aromatic heterocycles. The molecule has 1 N–H and O–H groups in total. The van der Waals surface area contributed by atoms with Crippen molar-refractivity contribution in [3.8, 4) is 5.75 Å². The van der Waals surface area contributed by atoms with Gasteiger partial charge in [0.15, 0.2) is 0 Å². The van der Waals surface area contributed by atoms with Crippen molar-refractivity contribution in [2.24, 2.45) is 5.10 Å². The minimum absolute atomic E-state index is 0.00837. The molecule has 0 fully saturated rings. The number of sulfonamides is 1. The van der Waals surface area contributed by atoms with E-state index < -0.39 is 27.4 Å². The zero-order valence-corrected chi connectivity index (χ0v) is 20.3. The number of hydrogen-bond donors (Lipinski definition) is 1. The van der Waals surface area contributed by atoms with Crippen LogP contribution in [0.15, 0.2) is 82.8 Å². The number of carbonyl (C=O) groups excluding carboxylic acids is 1. The second-order valence-electron chi connectivity index (χ2n) is 8.07. The molecule has 0 spiro atoms. The van der Waals surface area contributed by atoms with E-state index in [4.69, 9.17) is 4.74 Å². The van der Waals surface area contributed by atoms with Crippen LogP contribution in [-0.4, -0.2) is 38.6 Å². The summed E-state index contributed by atoms with van der Waals surface area (Å²) in [5.74, 6) is 0.0481. The molecule has 0 radical (unpaired) electrons. The standard InChI is InChI=1S/C25H24N4O6S/c1-35-21-13-14-23-18(15-21)7-5-12-24(23)26-27-25(30)17-28(19-8-6-9-20(16-19)29(31)32)36(33,34)22-10-3-2-4-11-22/h2-4,6,8-11,13-16H,5,7,12,17H2,1H3,(H,27,30)/b26-24-. The van der Waals surface area contributed by atoms with Crippen LogP contribution in [0.5, 0.6) is 5.75 Å². The van der Waals surface area contributed by atoms with Crippen LogP contribution in [0, 0.1) is 10.1 Å². The summed E-state index contributed by atoms with van der Waals surface area (Å²) in [6, 6.07) is 18.3. The third-order valence-corrected chi connectivity index (χ3v) is 7.53. The third-order valence-electron chi connectivity index (χ3n) is 5.75. The summed E-state index contributed by atoms with van der Waals surface area (Å²) in [5, 5.41) is 15.5. The summed E-state index contributed by atoms with van der Waals surface area (Å²) >= 11 is 0. The first kappa shape index (κ1) is 24.9. The molecule has 0 unspecified atom stereocenters. The molecule has 0 bridgehead atoms. The van der Waals surface area contributed by atoms with Gasteiger partial charge in [0.25, 0.3) is 21.6 Å².